The highest BCUT2D eigenvalue weighted by Gasteiger charge is 2.14. The molecule has 2 rings (SSSR count). The van der Waals surface area contributed by atoms with Gasteiger partial charge in [0.2, 0.25) is 0 Å². The summed E-state index contributed by atoms with van der Waals surface area (Å²) in [5, 5.41) is 19.1. The van der Waals surface area contributed by atoms with E-state index in [1.54, 1.807) is 0 Å². The Hall–Kier alpha value is -1.90. The smallest absolute Gasteiger partial charge is 0.402 e. The third-order valence-corrected chi connectivity index (χ3v) is 3.72. The lowest BCUT2D eigenvalue weighted by molar-refractivity contribution is 0.153. The normalized spacial score (nSPS) is 15.5. The molecule has 1 fully saturated rings. The quantitative estimate of drug-likeness (QED) is 0.595. The summed E-state index contributed by atoms with van der Waals surface area (Å²) in [5.41, 5.74) is 8.20. The number of benzene rings is 1. The predicted molar refractivity (Wildman–Crippen MR) is 95.6 cm³/mol. The molecule has 1 amide bonds. The van der Waals surface area contributed by atoms with Crippen LogP contribution in [0, 0.1) is 0 Å². The van der Waals surface area contributed by atoms with Crippen molar-refractivity contribution in [2.45, 2.75) is 25.2 Å². The lowest BCUT2D eigenvalue weighted by atomic mass is 10.0. The number of amides is 1. The summed E-state index contributed by atoms with van der Waals surface area (Å²) in [4.78, 5) is 8.78. The minimum Gasteiger partial charge on any atom is -0.469 e. The molecule has 0 aliphatic carbocycles. The summed E-state index contributed by atoms with van der Waals surface area (Å²) in [6, 6.07) is 9.86. The number of aliphatic hydroxyl groups excluding tert-OH is 1. The largest absolute Gasteiger partial charge is 0.469 e. The zero-order valence-electron chi connectivity index (χ0n) is 13.6. The monoisotopic (exact) mass is 355 g/mol. The van der Waals surface area contributed by atoms with Gasteiger partial charge < -0.3 is 20.7 Å². The SMILES string of the molecule is NC(=O)O.OCC(COC(=S)NN1CCCCC1)c1ccccc1. The number of nitrogens with one attached hydrogen (secondary N) is 1. The van der Waals surface area contributed by atoms with Crippen molar-refractivity contribution < 1.29 is 19.7 Å². The highest BCUT2D eigenvalue weighted by Crippen LogP contribution is 2.15. The molecule has 0 spiro atoms. The van der Waals surface area contributed by atoms with Gasteiger partial charge in [-0.05, 0) is 30.6 Å². The van der Waals surface area contributed by atoms with Crippen molar-refractivity contribution in [2.24, 2.45) is 5.73 Å². The molecule has 1 aromatic rings. The maximum Gasteiger partial charge on any atom is 0.402 e. The number of piperidine rings is 1. The van der Waals surface area contributed by atoms with Crippen molar-refractivity contribution in [1.82, 2.24) is 10.4 Å². The number of hydrazine groups is 1. The second-order valence-electron chi connectivity index (χ2n) is 5.39. The van der Waals surface area contributed by atoms with E-state index in [-0.39, 0.29) is 12.5 Å². The highest BCUT2D eigenvalue weighted by molar-refractivity contribution is 7.80. The van der Waals surface area contributed by atoms with E-state index in [9.17, 15) is 5.11 Å². The standard InChI is InChI=1S/C15H22N2O2S.CH3NO2/c18-11-14(13-7-3-1-4-8-13)12-19-15(20)16-17-9-5-2-6-10-17;2-1(3)4/h1,3-4,7-8,14,18H,2,5-6,9-12H2,(H,16,20);2H2,(H,3,4). The molecule has 1 atom stereocenters. The first kappa shape index (κ1) is 20.1. The Morgan fingerprint density at radius 2 is 1.88 bits per heavy atom. The first-order chi connectivity index (χ1) is 11.5. The van der Waals surface area contributed by atoms with Crippen LogP contribution >= 0.6 is 12.2 Å². The van der Waals surface area contributed by atoms with Gasteiger partial charge in [0.1, 0.15) is 0 Å². The Morgan fingerprint density at radius 1 is 1.29 bits per heavy atom. The summed E-state index contributed by atoms with van der Waals surface area (Å²) in [6.45, 7) is 2.45. The summed E-state index contributed by atoms with van der Waals surface area (Å²) in [5.74, 6) is -0.0442. The molecule has 0 aromatic heterocycles. The molecule has 1 aliphatic rings. The predicted octanol–water partition coefficient (Wildman–Crippen LogP) is 1.68. The molecule has 1 aromatic carbocycles. The van der Waals surface area contributed by atoms with Crippen molar-refractivity contribution in [3.63, 3.8) is 0 Å². The van der Waals surface area contributed by atoms with Crippen LogP contribution in [0.15, 0.2) is 30.3 Å². The number of thiocarbonyl (C=S) groups is 1. The number of hydrogen-bond donors (Lipinski definition) is 4. The van der Waals surface area contributed by atoms with Gasteiger partial charge in [-0.2, -0.15) is 0 Å². The van der Waals surface area contributed by atoms with Crippen molar-refractivity contribution in [3.8, 4) is 0 Å². The van der Waals surface area contributed by atoms with Gasteiger partial charge in [-0.3, -0.25) is 5.43 Å². The van der Waals surface area contributed by atoms with Crippen LogP contribution in [-0.2, 0) is 4.74 Å². The average molecular weight is 355 g/mol. The fourth-order valence-electron chi connectivity index (χ4n) is 2.32. The molecule has 7 nitrogen and oxygen atoms in total. The molecule has 1 heterocycles. The Morgan fingerprint density at radius 3 is 2.42 bits per heavy atom. The van der Waals surface area contributed by atoms with E-state index in [4.69, 9.17) is 26.9 Å². The lowest BCUT2D eigenvalue weighted by Crippen LogP contribution is -2.45. The number of carbonyl (C=O) groups is 1. The molecule has 0 radical (unpaired) electrons. The molecule has 1 saturated heterocycles. The molecular weight excluding hydrogens is 330 g/mol. The number of primary amides is 1. The van der Waals surface area contributed by atoms with Gasteiger partial charge in [-0.15, -0.1) is 0 Å². The van der Waals surface area contributed by atoms with Gasteiger partial charge in [-0.25, -0.2) is 9.80 Å². The number of hydrogen-bond acceptors (Lipinski definition) is 5. The highest BCUT2D eigenvalue weighted by atomic mass is 32.1. The Kier molecular flexibility index (Phi) is 9.74. The third kappa shape index (κ3) is 8.66. The molecule has 0 saturated carbocycles. The van der Waals surface area contributed by atoms with Crippen LogP contribution in [-0.4, -0.2) is 52.8 Å². The fourth-order valence-corrected chi connectivity index (χ4v) is 2.52. The van der Waals surface area contributed by atoms with E-state index in [0.717, 1.165) is 18.7 Å². The Labute approximate surface area is 147 Å². The maximum absolute atomic E-state index is 9.46. The number of nitrogens with two attached hydrogens (primary N) is 1. The second-order valence-corrected chi connectivity index (χ2v) is 5.76. The number of rotatable bonds is 5. The molecular formula is C16H25N3O4S. The van der Waals surface area contributed by atoms with Crippen LogP contribution in [0.25, 0.3) is 0 Å². The number of carboxylic acid groups (broad SMARTS) is 1. The van der Waals surface area contributed by atoms with Gasteiger partial charge in [0.05, 0.1) is 13.2 Å². The third-order valence-electron chi connectivity index (χ3n) is 3.51. The zero-order valence-corrected chi connectivity index (χ0v) is 14.4. The van der Waals surface area contributed by atoms with Crippen molar-refractivity contribution in [3.05, 3.63) is 35.9 Å². The minimum atomic E-state index is -1.33. The maximum atomic E-state index is 9.46. The summed E-state index contributed by atoms with van der Waals surface area (Å²) in [6.07, 6.45) is 2.34. The molecule has 0 bridgehead atoms. The van der Waals surface area contributed by atoms with Crippen LogP contribution in [0.1, 0.15) is 30.7 Å². The first-order valence-electron chi connectivity index (χ1n) is 7.85. The van der Waals surface area contributed by atoms with Crippen molar-refractivity contribution in [2.75, 3.05) is 26.3 Å². The summed E-state index contributed by atoms with van der Waals surface area (Å²) < 4.78 is 5.57. The lowest BCUT2D eigenvalue weighted by Gasteiger charge is -2.28. The molecule has 5 N–H and O–H groups in total. The molecule has 8 heteroatoms. The number of ether oxygens (including phenoxy) is 1. The van der Waals surface area contributed by atoms with Gasteiger partial charge in [-0.1, -0.05) is 36.8 Å². The van der Waals surface area contributed by atoms with Crippen molar-refractivity contribution in [1.29, 1.82) is 0 Å². The van der Waals surface area contributed by atoms with Crippen LogP contribution in [0.5, 0.6) is 0 Å². The van der Waals surface area contributed by atoms with E-state index in [0.29, 0.717) is 11.8 Å². The van der Waals surface area contributed by atoms with Gasteiger partial charge >= 0.3 is 6.09 Å². The average Bonchev–Trinajstić information content (AvgIpc) is 2.57. The zero-order chi connectivity index (χ0) is 17.8. The summed E-state index contributed by atoms with van der Waals surface area (Å²) in [7, 11) is 0. The van der Waals surface area contributed by atoms with E-state index in [2.05, 4.69) is 16.2 Å². The van der Waals surface area contributed by atoms with Gasteiger partial charge in [0, 0.05) is 19.0 Å². The molecule has 1 unspecified atom stereocenters. The van der Waals surface area contributed by atoms with Crippen LogP contribution in [0.2, 0.25) is 0 Å². The fraction of sp³-hybridized carbons (Fsp3) is 0.500. The molecule has 134 valence electrons. The van der Waals surface area contributed by atoms with Gasteiger partial charge in [0.25, 0.3) is 5.17 Å². The van der Waals surface area contributed by atoms with Crippen LogP contribution < -0.4 is 11.2 Å². The van der Waals surface area contributed by atoms with Crippen LogP contribution in [0.4, 0.5) is 4.79 Å². The second kappa shape index (κ2) is 11.6. The number of aliphatic hydroxyl groups is 1. The van der Waals surface area contributed by atoms with Crippen LogP contribution in [0.3, 0.4) is 0 Å². The molecule has 24 heavy (non-hydrogen) atoms. The van der Waals surface area contributed by atoms with Crippen molar-refractivity contribution >= 4 is 23.5 Å². The Balaban J connectivity index is 0.000000648. The van der Waals surface area contributed by atoms with E-state index >= 15 is 0 Å². The first-order valence-corrected chi connectivity index (χ1v) is 8.26. The van der Waals surface area contributed by atoms with Gasteiger partial charge in [0.15, 0.2) is 0 Å². The molecule has 1 aliphatic heterocycles. The number of nitrogens with zero attached hydrogens (tertiary/aromatic N) is 1. The topological polar surface area (TPSA) is 108 Å². The van der Waals surface area contributed by atoms with E-state index < -0.39 is 6.09 Å². The summed E-state index contributed by atoms with van der Waals surface area (Å²) >= 11 is 5.19. The van der Waals surface area contributed by atoms with E-state index in [1.165, 1.54) is 19.3 Å². The van der Waals surface area contributed by atoms with E-state index in [1.807, 2.05) is 30.3 Å². The minimum absolute atomic E-state index is 0.0442. The Bertz CT molecular complexity index is 491.